The number of amides is 1. The molecule has 0 heterocycles. The van der Waals surface area contributed by atoms with E-state index in [1.165, 1.54) is 7.11 Å². The highest BCUT2D eigenvalue weighted by Crippen LogP contribution is 2.13. The monoisotopic (exact) mass is 309 g/mol. The van der Waals surface area contributed by atoms with E-state index < -0.39 is 11.7 Å². The molecule has 1 amide bonds. The highest BCUT2D eigenvalue weighted by atomic mass is 16.6. The molecule has 1 aromatic rings. The summed E-state index contributed by atoms with van der Waals surface area (Å²) in [7, 11) is 1.34. The van der Waals surface area contributed by atoms with Crippen LogP contribution in [0.3, 0.4) is 0 Å². The minimum atomic E-state index is -0.512. The van der Waals surface area contributed by atoms with Crippen LogP contribution in [0.2, 0.25) is 0 Å². The number of esters is 1. The van der Waals surface area contributed by atoms with Crippen molar-refractivity contribution in [1.82, 2.24) is 5.32 Å². The molecule has 0 bridgehead atoms. The zero-order valence-electron chi connectivity index (χ0n) is 13.5. The Labute approximate surface area is 130 Å². The number of hydrogen-bond acceptors (Lipinski definition) is 5. The fourth-order valence-corrected chi connectivity index (χ4v) is 1.55. The number of rotatable bonds is 6. The maximum absolute atomic E-state index is 11.5. The Balaban J connectivity index is 2.35. The van der Waals surface area contributed by atoms with Crippen molar-refractivity contribution in [3.63, 3.8) is 0 Å². The molecule has 0 unspecified atom stereocenters. The Kier molecular flexibility index (Phi) is 6.69. The molecule has 22 heavy (non-hydrogen) atoms. The molecule has 6 heteroatoms. The second-order valence-electron chi connectivity index (χ2n) is 5.67. The van der Waals surface area contributed by atoms with Crippen LogP contribution in [0, 0.1) is 0 Å². The molecule has 0 radical (unpaired) electrons. The van der Waals surface area contributed by atoms with Crippen molar-refractivity contribution in [2.24, 2.45) is 0 Å². The van der Waals surface area contributed by atoms with Gasteiger partial charge >= 0.3 is 12.1 Å². The molecule has 0 aliphatic rings. The lowest BCUT2D eigenvalue weighted by Crippen LogP contribution is -2.32. The fourth-order valence-electron chi connectivity index (χ4n) is 1.55. The minimum absolute atomic E-state index is 0.207. The van der Waals surface area contributed by atoms with E-state index in [-0.39, 0.29) is 19.0 Å². The van der Waals surface area contributed by atoms with Gasteiger partial charge in [-0.25, -0.2) is 4.79 Å². The summed E-state index contributed by atoms with van der Waals surface area (Å²) in [5.74, 6) is 0.350. The Morgan fingerprint density at radius 2 is 1.77 bits per heavy atom. The average molecular weight is 309 g/mol. The molecule has 0 atom stereocenters. The van der Waals surface area contributed by atoms with Crippen LogP contribution in [0.4, 0.5) is 4.79 Å². The molecule has 0 saturated heterocycles. The summed E-state index contributed by atoms with van der Waals surface area (Å²) in [4.78, 5) is 22.5. The molecule has 1 aromatic carbocycles. The van der Waals surface area contributed by atoms with E-state index in [2.05, 4.69) is 10.1 Å². The SMILES string of the molecule is COC(=O)CCOc1ccc(CNC(=O)OC(C)(C)C)cc1. The van der Waals surface area contributed by atoms with E-state index in [1.54, 1.807) is 12.1 Å². The van der Waals surface area contributed by atoms with Crippen LogP contribution in [-0.2, 0) is 20.8 Å². The third kappa shape index (κ3) is 7.52. The van der Waals surface area contributed by atoms with E-state index in [0.717, 1.165) is 5.56 Å². The van der Waals surface area contributed by atoms with E-state index in [0.29, 0.717) is 12.3 Å². The number of hydrogen-bond donors (Lipinski definition) is 1. The Morgan fingerprint density at radius 1 is 1.14 bits per heavy atom. The lowest BCUT2D eigenvalue weighted by molar-refractivity contribution is -0.141. The molecular weight excluding hydrogens is 286 g/mol. The van der Waals surface area contributed by atoms with Crippen LogP contribution in [-0.4, -0.2) is 31.4 Å². The van der Waals surface area contributed by atoms with Crippen molar-refractivity contribution < 1.29 is 23.8 Å². The van der Waals surface area contributed by atoms with Gasteiger partial charge in [0.1, 0.15) is 11.4 Å². The van der Waals surface area contributed by atoms with Gasteiger partial charge in [0.15, 0.2) is 0 Å². The van der Waals surface area contributed by atoms with E-state index in [1.807, 2.05) is 32.9 Å². The standard InChI is InChI=1S/C16H23NO5/c1-16(2,3)22-15(19)17-11-12-5-7-13(8-6-12)21-10-9-14(18)20-4/h5-8H,9-11H2,1-4H3,(H,17,19). The van der Waals surface area contributed by atoms with Crippen LogP contribution in [0.1, 0.15) is 32.8 Å². The van der Waals surface area contributed by atoms with Crippen LogP contribution in [0.25, 0.3) is 0 Å². The van der Waals surface area contributed by atoms with Crippen molar-refractivity contribution >= 4 is 12.1 Å². The topological polar surface area (TPSA) is 73.9 Å². The summed E-state index contributed by atoms with van der Waals surface area (Å²) >= 11 is 0. The first-order chi connectivity index (χ1) is 10.3. The van der Waals surface area contributed by atoms with Gasteiger partial charge in [-0.15, -0.1) is 0 Å². The number of ether oxygens (including phenoxy) is 3. The maximum Gasteiger partial charge on any atom is 0.407 e. The third-order valence-electron chi connectivity index (χ3n) is 2.56. The molecular formula is C16H23NO5. The second-order valence-corrected chi connectivity index (χ2v) is 5.67. The van der Waals surface area contributed by atoms with Crippen LogP contribution in [0.5, 0.6) is 5.75 Å². The van der Waals surface area contributed by atoms with Gasteiger partial charge in [0.05, 0.1) is 20.1 Å². The van der Waals surface area contributed by atoms with E-state index >= 15 is 0 Å². The molecule has 0 spiro atoms. The molecule has 122 valence electrons. The number of alkyl carbamates (subject to hydrolysis) is 1. The highest BCUT2D eigenvalue weighted by molar-refractivity contribution is 5.69. The summed E-state index contributed by atoms with van der Waals surface area (Å²) in [6.07, 6.45) is -0.246. The van der Waals surface area contributed by atoms with Crippen molar-refractivity contribution in [3.8, 4) is 5.75 Å². The highest BCUT2D eigenvalue weighted by Gasteiger charge is 2.15. The van der Waals surface area contributed by atoms with E-state index in [4.69, 9.17) is 9.47 Å². The largest absolute Gasteiger partial charge is 0.493 e. The van der Waals surface area contributed by atoms with Gasteiger partial charge in [-0.2, -0.15) is 0 Å². The molecule has 6 nitrogen and oxygen atoms in total. The molecule has 0 saturated carbocycles. The zero-order chi connectivity index (χ0) is 16.6. The Bertz CT molecular complexity index is 490. The summed E-state index contributed by atoms with van der Waals surface area (Å²) in [6, 6.07) is 7.24. The number of methoxy groups -OCH3 is 1. The van der Waals surface area contributed by atoms with Gasteiger partial charge in [-0.1, -0.05) is 12.1 Å². The predicted molar refractivity (Wildman–Crippen MR) is 81.6 cm³/mol. The molecule has 1 N–H and O–H groups in total. The van der Waals surface area contributed by atoms with Crippen LogP contribution in [0.15, 0.2) is 24.3 Å². The number of carbonyl (C=O) groups excluding carboxylic acids is 2. The molecule has 0 fully saturated rings. The maximum atomic E-state index is 11.5. The van der Waals surface area contributed by atoms with Crippen molar-refractivity contribution in [1.29, 1.82) is 0 Å². The normalized spacial score (nSPS) is 10.7. The van der Waals surface area contributed by atoms with Gasteiger partial charge in [-0.3, -0.25) is 4.79 Å². The minimum Gasteiger partial charge on any atom is -0.493 e. The van der Waals surface area contributed by atoms with Crippen molar-refractivity contribution in [2.45, 2.75) is 39.3 Å². The lowest BCUT2D eigenvalue weighted by atomic mass is 10.2. The third-order valence-corrected chi connectivity index (χ3v) is 2.56. The summed E-state index contributed by atoms with van der Waals surface area (Å²) in [6.45, 7) is 6.08. The molecule has 0 aromatic heterocycles. The summed E-state index contributed by atoms with van der Waals surface area (Å²) in [5.41, 5.74) is 0.410. The lowest BCUT2D eigenvalue weighted by Gasteiger charge is -2.19. The van der Waals surface area contributed by atoms with Gasteiger partial charge < -0.3 is 19.5 Å². The van der Waals surface area contributed by atoms with Gasteiger partial charge in [0, 0.05) is 6.54 Å². The zero-order valence-corrected chi connectivity index (χ0v) is 13.5. The van der Waals surface area contributed by atoms with Gasteiger partial charge in [-0.05, 0) is 38.5 Å². The van der Waals surface area contributed by atoms with Gasteiger partial charge in [0.2, 0.25) is 0 Å². The van der Waals surface area contributed by atoms with Crippen LogP contribution >= 0.6 is 0 Å². The second kappa shape index (κ2) is 8.26. The number of carbonyl (C=O) groups is 2. The number of benzene rings is 1. The quantitative estimate of drug-likeness (QED) is 0.818. The van der Waals surface area contributed by atoms with Crippen molar-refractivity contribution in [3.05, 3.63) is 29.8 Å². The molecule has 0 aliphatic heterocycles. The smallest absolute Gasteiger partial charge is 0.407 e. The first kappa shape index (κ1) is 17.8. The first-order valence-electron chi connectivity index (χ1n) is 7.05. The average Bonchev–Trinajstić information content (AvgIpc) is 2.44. The first-order valence-corrected chi connectivity index (χ1v) is 7.05. The summed E-state index contributed by atoms with van der Waals surface area (Å²) in [5, 5.41) is 2.68. The van der Waals surface area contributed by atoms with Gasteiger partial charge in [0.25, 0.3) is 0 Å². The Hall–Kier alpha value is -2.24. The number of nitrogens with one attached hydrogen (secondary N) is 1. The Morgan fingerprint density at radius 3 is 2.32 bits per heavy atom. The van der Waals surface area contributed by atoms with E-state index in [9.17, 15) is 9.59 Å². The molecule has 0 aliphatic carbocycles. The van der Waals surface area contributed by atoms with Crippen molar-refractivity contribution in [2.75, 3.05) is 13.7 Å². The summed E-state index contributed by atoms with van der Waals surface area (Å²) < 4.78 is 15.1. The van der Waals surface area contributed by atoms with Crippen LogP contribution < -0.4 is 10.1 Å². The molecule has 1 rings (SSSR count). The predicted octanol–water partition coefficient (Wildman–Crippen LogP) is 2.65. The fraction of sp³-hybridized carbons (Fsp3) is 0.500.